The number of benzene rings is 3. The molecule has 0 atom stereocenters. The van der Waals surface area contributed by atoms with Crippen LogP contribution in [0.15, 0.2) is 77.7 Å². The molecule has 226 valence electrons. The second-order valence-corrected chi connectivity index (χ2v) is 10.2. The van der Waals surface area contributed by atoms with Gasteiger partial charge in [0.2, 0.25) is 5.82 Å². The van der Waals surface area contributed by atoms with Crippen molar-refractivity contribution < 1.29 is 40.0 Å². The van der Waals surface area contributed by atoms with E-state index in [0.29, 0.717) is 21.7 Å². The lowest BCUT2D eigenvalue weighted by molar-refractivity contribution is -0.160. The lowest BCUT2D eigenvalue weighted by atomic mass is 9.98. The summed E-state index contributed by atoms with van der Waals surface area (Å²) >= 11 is 0.908. The minimum absolute atomic E-state index is 0.0196. The van der Waals surface area contributed by atoms with Crippen LogP contribution in [-0.2, 0) is 21.6 Å². The molecular formula is C29H23F7N4O2S. The highest BCUT2D eigenvalue weighted by atomic mass is 32.2. The van der Waals surface area contributed by atoms with Crippen molar-refractivity contribution in [3.05, 3.63) is 90.0 Å². The van der Waals surface area contributed by atoms with Gasteiger partial charge in [-0.3, -0.25) is 0 Å². The number of nitrogens with zero attached hydrogens (tertiary/aromatic N) is 4. The first kappa shape index (κ1) is 30.6. The third-order valence-electron chi connectivity index (χ3n) is 6.72. The smallest absolute Gasteiger partial charge is 0.368 e. The molecule has 0 radical (unpaired) electrons. The molecule has 0 aliphatic carbocycles. The molecule has 0 saturated carbocycles. The second kappa shape index (κ2) is 12.4. The summed E-state index contributed by atoms with van der Waals surface area (Å²) in [6, 6.07) is 16.5. The Balaban J connectivity index is 1.57. The molecule has 5 rings (SSSR count). The Kier molecular flexibility index (Phi) is 8.81. The van der Waals surface area contributed by atoms with Crippen LogP contribution >= 0.6 is 12.0 Å². The molecule has 2 heterocycles. The molecule has 0 unspecified atom stereocenters. The molecule has 4 aromatic rings. The molecule has 1 fully saturated rings. The van der Waals surface area contributed by atoms with Gasteiger partial charge in [-0.05, 0) is 48.0 Å². The van der Waals surface area contributed by atoms with E-state index in [1.807, 2.05) is 0 Å². The molecule has 6 nitrogen and oxygen atoms in total. The lowest BCUT2D eigenvalue weighted by Gasteiger charge is -2.38. The third kappa shape index (κ3) is 7.03. The number of aromatic nitrogens is 2. The van der Waals surface area contributed by atoms with Crippen LogP contribution in [0.2, 0.25) is 0 Å². The maximum atomic E-state index is 14.1. The zero-order chi connectivity index (χ0) is 30.8. The number of anilines is 2. The Labute approximate surface area is 246 Å². The molecule has 0 bridgehead atoms. The third-order valence-corrected chi connectivity index (χ3v) is 7.39. The SMILES string of the molecule is COOSc1ccc(-c2nc(C(F)(F)F)nc(N3CCN(c4cccc(C(F)(F)F)c4)CC3)c2-c2ccc(F)cc2)cc1. The largest absolute Gasteiger partial charge is 0.451 e. The molecule has 0 N–H and O–H groups in total. The molecule has 1 aliphatic rings. The lowest BCUT2D eigenvalue weighted by Crippen LogP contribution is -2.47. The van der Waals surface area contributed by atoms with Gasteiger partial charge < -0.3 is 9.80 Å². The molecule has 3 aromatic carbocycles. The molecule has 1 aliphatic heterocycles. The fourth-order valence-corrected chi connectivity index (χ4v) is 5.09. The molecule has 43 heavy (non-hydrogen) atoms. The van der Waals surface area contributed by atoms with Crippen LogP contribution in [0, 0.1) is 5.82 Å². The number of piperazine rings is 1. The summed E-state index contributed by atoms with van der Waals surface area (Å²) in [6.45, 7) is 0.747. The fraction of sp³-hybridized carbons (Fsp3) is 0.241. The second-order valence-electron chi connectivity index (χ2n) is 9.46. The normalized spacial score (nSPS) is 14.3. The summed E-state index contributed by atoms with van der Waals surface area (Å²) in [5, 5.41) is 0. The van der Waals surface area contributed by atoms with E-state index in [1.165, 1.54) is 37.4 Å². The van der Waals surface area contributed by atoms with Crippen molar-refractivity contribution in [1.82, 2.24) is 9.97 Å². The Morgan fingerprint density at radius 2 is 1.37 bits per heavy atom. The van der Waals surface area contributed by atoms with Gasteiger partial charge in [-0.25, -0.2) is 19.2 Å². The predicted octanol–water partition coefficient (Wildman–Crippen LogP) is 7.90. The van der Waals surface area contributed by atoms with E-state index in [1.54, 1.807) is 40.1 Å². The van der Waals surface area contributed by atoms with E-state index < -0.39 is 29.6 Å². The topological polar surface area (TPSA) is 50.7 Å². The van der Waals surface area contributed by atoms with Gasteiger partial charge in [0.1, 0.15) is 11.6 Å². The van der Waals surface area contributed by atoms with Crippen LogP contribution in [0.4, 0.5) is 42.2 Å². The summed E-state index contributed by atoms with van der Waals surface area (Å²) < 4.78 is 101. The van der Waals surface area contributed by atoms with Crippen molar-refractivity contribution >= 4 is 23.5 Å². The van der Waals surface area contributed by atoms with Crippen LogP contribution in [0.25, 0.3) is 22.4 Å². The van der Waals surface area contributed by atoms with E-state index in [2.05, 4.69) is 14.9 Å². The maximum absolute atomic E-state index is 14.1. The summed E-state index contributed by atoms with van der Waals surface area (Å²) in [5.41, 5.74) is 0.532. The van der Waals surface area contributed by atoms with Gasteiger partial charge in [0, 0.05) is 42.3 Å². The van der Waals surface area contributed by atoms with E-state index in [0.717, 1.165) is 24.2 Å². The number of hydrogen-bond donors (Lipinski definition) is 0. The monoisotopic (exact) mass is 624 g/mol. The quantitative estimate of drug-likeness (QED) is 0.0897. The first-order valence-electron chi connectivity index (χ1n) is 12.8. The minimum Gasteiger partial charge on any atom is -0.368 e. The first-order valence-corrected chi connectivity index (χ1v) is 13.6. The fourth-order valence-electron chi connectivity index (χ4n) is 4.69. The summed E-state index contributed by atoms with van der Waals surface area (Å²) in [5.74, 6) is -1.91. The van der Waals surface area contributed by atoms with Gasteiger partial charge in [-0.15, -0.1) is 0 Å². The van der Waals surface area contributed by atoms with Crippen molar-refractivity contribution in [2.45, 2.75) is 17.2 Å². The average molecular weight is 625 g/mol. The predicted molar refractivity (Wildman–Crippen MR) is 148 cm³/mol. The van der Waals surface area contributed by atoms with Crippen molar-refractivity contribution in [1.29, 1.82) is 0 Å². The van der Waals surface area contributed by atoms with Gasteiger partial charge in [-0.1, -0.05) is 30.3 Å². The van der Waals surface area contributed by atoms with E-state index in [-0.39, 0.29) is 43.3 Å². The summed E-state index contributed by atoms with van der Waals surface area (Å²) in [6.07, 6.45) is -9.40. The van der Waals surface area contributed by atoms with Gasteiger partial charge in [0.25, 0.3) is 0 Å². The molecule has 1 aromatic heterocycles. The first-order chi connectivity index (χ1) is 20.4. The highest BCUT2D eigenvalue weighted by Crippen LogP contribution is 2.41. The van der Waals surface area contributed by atoms with E-state index in [9.17, 15) is 30.7 Å². The van der Waals surface area contributed by atoms with Crippen molar-refractivity contribution in [2.75, 3.05) is 43.1 Å². The molecule has 0 amide bonds. The highest BCUT2D eigenvalue weighted by molar-refractivity contribution is 7.94. The van der Waals surface area contributed by atoms with Gasteiger partial charge in [0.05, 0.1) is 36.0 Å². The molecule has 0 spiro atoms. The van der Waals surface area contributed by atoms with Crippen molar-refractivity contribution in [2.24, 2.45) is 0 Å². The van der Waals surface area contributed by atoms with Crippen molar-refractivity contribution in [3.8, 4) is 22.4 Å². The summed E-state index contributed by atoms with van der Waals surface area (Å²) in [4.78, 5) is 16.4. The molecule has 1 saturated heterocycles. The van der Waals surface area contributed by atoms with Gasteiger partial charge in [0.15, 0.2) is 0 Å². The number of hydrogen-bond acceptors (Lipinski definition) is 7. The van der Waals surface area contributed by atoms with Gasteiger partial charge in [-0.2, -0.15) is 30.7 Å². The number of alkyl halides is 6. The maximum Gasteiger partial charge on any atom is 0.451 e. The summed E-state index contributed by atoms with van der Waals surface area (Å²) in [7, 11) is 1.33. The highest BCUT2D eigenvalue weighted by Gasteiger charge is 2.38. The molecular weight excluding hydrogens is 601 g/mol. The van der Waals surface area contributed by atoms with Gasteiger partial charge >= 0.3 is 12.4 Å². The zero-order valence-corrected chi connectivity index (χ0v) is 23.2. The number of rotatable bonds is 7. The number of halogens is 7. The Morgan fingerprint density at radius 3 is 1.98 bits per heavy atom. The van der Waals surface area contributed by atoms with Crippen molar-refractivity contribution in [3.63, 3.8) is 0 Å². The Morgan fingerprint density at radius 1 is 0.744 bits per heavy atom. The van der Waals surface area contributed by atoms with E-state index in [4.69, 9.17) is 4.33 Å². The zero-order valence-electron chi connectivity index (χ0n) is 22.4. The van der Waals surface area contributed by atoms with Crippen LogP contribution < -0.4 is 9.80 Å². The Bertz CT molecular complexity index is 1560. The Hall–Kier alpha value is -3.88. The van der Waals surface area contributed by atoms with Crippen LogP contribution in [0.5, 0.6) is 0 Å². The van der Waals surface area contributed by atoms with E-state index >= 15 is 0 Å². The minimum atomic E-state index is -4.88. The van der Waals surface area contributed by atoms with Crippen LogP contribution in [0.3, 0.4) is 0 Å². The molecule has 14 heteroatoms. The average Bonchev–Trinajstić information content (AvgIpc) is 2.99. The van der Waals surface area contributed by atoms with Crippen LogP contribution in [0.1, 0.15) is 11.4 Å². The standard InChI is InChI=1S/C29H23F7N4O2S/c1-41-42-43-23-11-7-19(8-12-23)25-24(18-5-9-21(30)10-6-18)26(38-27(37-25)29(34,35)36)40-15-13-39(14-16-40)22-4-2-3-20(17-22)28(31,32)33/h2-12,17H,13-16H2,1H3. The van der Waals surface area contributed by atoms with Crippen LogP contribution in [-0.4, -0.2) is 43.3 Å².